The summed E-state index contributed by atoms with van der Waals surface area (Å²) in [6.07, 6.45) is 12.8. The van der Waals surface area contributed by atoms with Crippen molar-refractivity contribution in [1.82, 2.24) is 0 Å². The van der Waals surface area contributed by atoms with Gasteiger partial charge in [0.05, 0.1) is 52.5 Å². The van der Waals surface area contributed by atoms with E-state index in [1.165, 1.54) is 57.8 Å². The lowest BCUT2D eigenvalue weighted by molar-refractivity contribution is -0.151. The largest absolute Gasteiger partial charge is 0.466 e. The molecular weight excluding hydrogens is 496 g/mol. The molecule has 7 heteroatoms. The highest BCUT2D eigenvalue weighted by atomic mass is 16.6. The average Bonchev–Trinajstić information content (AvgIpc) is 2.88. The van der Waals surface area contributed by atoms with Gasteiger partial charge in [-0.15, -0.1) is 0 Å². The Labute approximate surface area is 240 Å². The maximum absolute atomic E-state index is 11.9. The topological polar surface area (TPSA) is 80.3 Å². The summed E-state index contributed by atoms with van der Waals surface area (Å²) in [4.78, 5) is 23.7. The van der Waals surface area contributed by atoms with E-state index >= 15 is 0 Å². The third-order valence-electron chi connectivity index (χ3n) is 7.11. The highest BCUT2D eigenvalue weighted by molar-refractivity contribution is 5.77. The van der Waals surface area contributed by atoms with Gasteiger partial charge in [-0.1, -0.05) is 92.4 Å². The molecule has 0 amide bonds. The Bertz CT molecular complexity index is 567. The van der Waals surface area contributed by atoms with Crippen LogP contribution < -0.4 is 0 Å². The zero-order chi connectivity index (χ0) is 29.1. The minimum Gasteiger partial charge on any atom is -0.466 e. The Morgan fingerprint density at radius 3 is 1.33 bits per heavy atom. The fraction of sp³-hybridized carbons (Fsp3) is 0.938. The van der Waals surface area contributed by atoms with E-state index in [-0.39, 0.29) is 25.4 Å². The number of carbonyl (C=O) groups is 2. The normalized spacial score (nSPS) is 13.8. The van der Waals surface area contributed by atoms with Crippen LogP contribution in [0.4, 0.5) is 0 Å². The van der Waals surface area contributed by atoms with Crippen LogP contribution in [0.25, 0.3) is 0 Å². The van der Waals surface area contributed by atoms with Crippen LogP contribution in [0.5, 0.6) is 0 Å². The number of ether oxygens (including phenoxy) is 5. The van der Waals surface area contributed by atoms with Crippen molar-refractivity contribution in [3.8, 4) is 0 Å². The fourth-order valence-electron chi connectivity index (χ4n) is 4.46. The second kappa shape index (κ2) is 27.0. The monoisotopic (exact) mass is 558 g/mol. The smallest absolute Gasteiger partial charge is 0.306 e. The molecule has 0 aromatic heterocycles. The maximum Gasteiger partial charge on any atom is 0.306 e. The molecule has 232 valence electrons. The van der Waals surface area contributed by atoms with Crippen molar-refractivity contribution in [2.45, 2.75) is 119 Å². The van der Waals surface area contributed by atoms with Crippen molar-refractivity contribution in [2.75, 3.05) is 52.9 Å². The first-order chi connectivity index (χ1) is 18.7. The Balaban J connectivity index is 3.59. The van der Waals surface area contributed by atoms with E-state index in [1.54, 1.807) is 0 Å². The molecule has 0 radical (unpaired) electrons. The maximum atomic E-state index is 11.9. The van der Waals surface area contributed by atoms with Gasteiger partial charge in [0.15, 0.2) is 0 Å². The standard InChI is InChI=1S/C32H62O7/c1-7-35-21-22-36-23-24-37-25-26-39-32(34)18-17-31(33)38-20-19-30(6)16-10-15-29(5)14-9-13-28(4)12-8-11-27(2)3/h27-30H,7-26H2,1-6H3. The van der Waals surface area contributed by atoms with Gasteiger partial charge in [-0.25, -0.2) is 0 Å². The molecule has 0 saturated carbocycles. The number of carbonyl (C=O) groups excluding carboxylic acids is 2. The molecule has 0 spiro atoms. The van der Waals surface area contributed by atoms with E-state index in [0.717, 1.165) is 24.2 Å². The molecule has 0 aromatic carbocycles. The SMILES string of the molecule is CCOCCOCCOCCOC(=O)CCC(=O)OCCC(C)CCCC(C)CCCC(C)CCCC(C)C. The van der Waals surface area contributed by atoms with Gasteiger partial charge in [0.25, 0.3) is 0 Å². The Kier molecular flexibility index (Phi) is 26.2. The zero-order valence-corrected chi connectivity index (χ0v) is 26.3. The number of hydrogen-bond acceptors (Lipinski definition) is 7. The summed E-state index contributed by atoms with van der Waals surface area (Å²) in [5.74, 6) is 2.25. The second-order valence-electron chi connectivity index (χ2n) is 11.7. The number of esters is 2. The first-order valence-corrected chi connectivity index (χ1v) is 15.8. The summed E-state index contributed by atoms with van der Waals surface area (Å²) in [5.41, 5.74) is 0. The van der Waals surface area contributed by atoms with Crippen LogP contribution in [0.15, 0.2) is 0 Å². The van der Waals surface area contributed by atoms with Gasteiger partial charge >= 0.3 is 11.9 Å². The Morgan fingerprint density at radius 1 is 0.487 bits per heavy atom. The molecule has 7 nitrogen and oxygen atoms in total. The molecule has 0 saturated heterocycles. The summed E-state index contributed by atoms with van der Waals surface area (Å²) in [7, 11) is 0. The average molecular weight is 559 g/mol. The summed E-state index contributed by atoms with van der Waals surface area (Å²) < 4.78 is 26.2. The summed E-state index contributed by atoms with van der Waals surface area (Å²) >= 11 is 0. The van der Waals surface area contributed by atoms with E-state index in [0.29, 0.717) is 52.2 Å². The Hall–Kier alpha value is -1.18. The third-order valence-corrected chi connectivity index (χ3v) is 7.11. The molecule has 0 rings (SSSR count). The molecule has 39 heavy (non-hydrogen) atoms. The Morgan fingerprint density at radius 2 is 0.872 bits per heavy atom. The third kappa shape index (κ3) is 28.2. The first kappa shape index (κ1) is 37.8. The fourth-order valence-corrected chi connectivity index (χ4v) is 4.46. The van der Waals surface area contributed by atoms with Crippen LogP contribution in [0, 0.1) is 23.7 Å². The lowest BCUT2D eigenvalue weighted by Crippen LogP contribution is -2.15. The van der Waals surface area contributed by atoms with E-state index in [9.17, 15) is 9.59 Å². The molecular formula is C32H62O7. The molecule has 0 N–H and O–H groups in total. The highest BCUT2D eigenvalue weighted by Gasteiger charge is 2.11. The molecule has 0 aliphatic heterocycles. The van der Waals surface area contributed by atoms with Gasteiger partial charge in [0, 0.05) is 6.61 Å². The van der Waals surface area contributed by atoms with Crippen molar-refractivity contribution in [3.63, 3.8) is 0 Å². The van der Waals surface area contributed by atoms with Crippen molar-refractivity contribution < 1.29 is 33.3 Å². The molecule has 3 unspecified atom stereocenters. The lowest BCUT2D eigenvalue weighted by atomic mass is 9.91. The molecule has 0 heterocycles. The number of hydrogen-bond donors (Lipinski definition) is 0. The van der Waals surface area contributed by atoms with Gasteiger partial charge in [-0.3, -0.25) is 9.59 Å². The molecule has 0 fully saturated rings. The van der Waals surface area contributed by atoms with E-state index < -0.39 is 5.97 Å². The zero-order valence-electron chi connectivity index (χ0n) is 26.3. The van der Waals surface area contributed by atoms with Crippen LogP contribution in [-0.4, -0.2) is 64.8 Å². The van der Waals surface area contributed by atoms with E-state index in [4.69, 9.17) is 23.7 Å². The minimum absolute atomic E-state index is 0.0313. The van der Waals surface area contributed by atoms with Crippen molar-refractivity contribution in [2.24, 2.45) is 23.7 Å². The van der Waals surface area contributed by atoms with Crippen LogP contribution in [-0.2, 0) is 33.3 Å². The van der Waals surface area contributed by atoms with Gasteiger partial charge in [-0.2, -0.15) is 0 Å². The van der Waals surface area contributed by atoms with Crippen molar-refractivity contribution >= 4 is 11.9 Å². The molecule has 3 atom stereocenters. The minimum atomic E-state index is -0.411. The van der Waals surface area contributed by atoms with Gasteiger partial charge in [-0.05, 0) is 37.0 Å². The van der Waals surface area contributed by atoms with Crippen LogP contribution in [0.2, 0.25) is 0 Å². The molecule has 0 aromatic rings. The molecule has 0 bridgehead atoms. The predicted octanol–water partition coefficient (Wildman–Crippen LogP) is 7.39. The van der Waals surface area contributed by atoms with Gasteiger partial charge in [0.1, 0.15) is 6.61 Å². The van der Waals surface area contributed by atoms with Crippen molar-refractivity contribution in [3.05, 3.63) is 0 Å². The van der Waals surface area contributed by atoms with Gasteiger partial charge < -0.3 is 23.7 Å². The van der Waals surface area contributed by atoms with Crippen LogP contribution >= 0.6 is 0 Å². The summed E-state index contributed by atoms with van der Waals surface area (Å²) in [5, 5.41) is 0. The predicted molar refractivity (Wildman–Crippen MR) is 158 cm³/mol. The van der Waals surface area contributed by atoms with E-state index in [2.05, 4.69) is 34.6 Å². The van der Waals surface area contributed by atoms with Crippen molar-refractivity contribution in [1.29, 1.82) is 0 Å². The van der Waals surface area contributed by atoms with Gasteiger partial charge in [0.2, 0.25) is 0 Å². The summed E-state index contributed by atoms with van der Waals surface area (Å²) in [6.45, 7) is 17.2. The lowest BCUT2D eigenvalue weighted by Gasteiger charge is -2.16. The van der Waals surface area contributed by atoms with Crippen LogP contribution in [0.1, 0.15) is 119 Å². The summed E-state index contributed by atoms with van der Waals surface area (Å²) in [6, 6.07) is 0. The highest BCUT2D eigenvalue weighted by Crippen LogP contribution is 2.22. The van der Waals surface area contributed by atoms with E-state index in [1.807, 2.05) is 6.92 Å². The molecule has 0 aliphatic carbocycles. The number of rotatable bonds is 28. The quantitative estimate of drug-likeness (QED) is 0.0731. The first-order valence-electron chi connectivity index (χ1n) is 15.8. The molecule has 0 aliphatic rings. The second-order valence-corrected chi connectivity index (χ2v) is 11.7. The van der Waals surface area contributed by atoms with Crippen LogP contribution in [0.3, 0.4) is 0 Å².